The summed E-state index contributed by atoms with van der Waals surface area (Å²) in [6.07, 6.45) is 9.30. The third kappa shape index (κ3) is 7.65. The number of hydrogen-bond acceptors (Lipinski definition) is 4. The molecule has 0 saturated heterocycles. The van der Waals surface area contributed by atoms with E-state index >= 15 is 0 Å². The van der Waals surface area contributed by atoms with Crippen molar-refractivity contribution in [3.05, 3.63) is 96.1 Å². The van der Waals surface area contributed by atoms with Crippen molar-refractivity contribution in [1.29, 1.82) is 0 Å². The number of esters is 1. The zero-order chi connectivity index (χ0) is 23.5. The summed E-state index contributed by atoms with van der Waals surface area (Å²) < 4.78 is 5.33. The molecular formula is C28H28O4S. The second-order valence-corrected chi connectivity index (χ2v) is 8.74. The van der Waals surface area contributed by atoms with E-state index in [1.165, 1.54) is 48.4 Å². The van der Waals surface area contributed by atoms with Gasteiger partial charge >= 0.3 is 11.9 Å². The van der Waals surface area contributed by atoms with Gasteiger partial charge in [0.05, 0.1) is 11.1 Å². The number of hydrogen-bond donors (Lipinski definition) is 1. The molecule has 33 heavy (non-hydrogen) atoms. The minimum Gasteiger partial charge on any atom is -0.478 e. The van der Waals surface area contributed by atoms with E-state index in [-0.39, 0.29) is 5.56 Å². The average molecular weight is 461 g/mol. The first-order chi connectivity index (χ1) is 16.1. The van der Waals surface area contributed by atoms with Gasteiger partial charge in [0.15, 0.2) is 0 Å². The lowest BCUT2D eigenvalue weighted by molar-refractivity contribution is 0.0696. The van der Waals surface area contributed by atoms with Gasteiger partial charge < -0.3 is 9.84 Å². The van der Waals surface area contributed by atoms with Gasteiger partial charge in [0.25, 0.3) is 0 Å². The fourth-order valence-corrected chi connectivity index (χ4v) is 3.99. The Morgan fingerprint density at radius 1 is 0.818 bits per heavy atom. The Hall–Kier alpha value is -3.31. The van der Waals surface area contributed by atoms with Crippen molar-refractivity contribution < 1.29 is 19.4 Å². The van der Waals surface area contributed by atoms with Crippen LogP contribution in [0, 0.1) is 0 Å². The van der Waals surface area contributed by atoms with E-state index in [2.05, 4.69) is 43.3 Å². The van der Waals surface area contributed by atoms with E-state index < -0.39 is 11.9 Å². The monoisotopic (exact) mass is 460 g/mol. The van der Waals surface area contributed by atoms with Crippen LogP contribution in [0.15, 0.2) is 89.8 Å². The maximum Gasteiger partial charge on any atom is 0.343 e. The molecule has 170 valence electrons. The molecule has 0 unspecified atom stereocenters. The average Bonchev–Trinajstić information content (AvgIpc) is 2.84. The van der Waals surface area contributed by atoms with Crippen LogP contribution in [0.4, 0.5) is 0 Å². The molecule has 0 bridgehead atoms. The van der Waals surface area contributed by atoms with Crippen molar-refractivity contribution in [2.75, 3.05) is 5.75 Å². The molecule has 3 rings (SSSR count). The Balaban J connectivity index is 1.52. The predicted octanol–water partition coefficient (Wildman–Crippen LogP) is 7.50. The molecule has 0 atom stereocenters. The van der Waals surface area contributed by atoms with Crippen LogP contribution in [0.3, 0.4) is 0 Å². The number of carboxylic acids is 1. The minimum atomic E-state index is -1.02. The molecule has 0 amide bonds. The summed E-state index contributed by atoms with van der Waals surface area (Å²) in [6.45, 7) is 2.21. The van der Waals surface area contributed by atoms with Gasteiger partial charge in [-0.2, -0.15) is 0 Å². The molecule has 0 aromatic heterocycles. The smallest absolute Gasteiger partial charge is 0.343 e. The summed E-state index contributed by atoms with van der Waals surface area (Å²) >= 11 is 1.85. The van der Waals surface area contributed by atoms with Gasteiger partial charge in [-0.1, -0.05) is 56.2 Å². The van der Waals surface area contributed by atoms with Crippen molar-refractivity contribution in [2.45, 2.75) is 37.5 Å². The summed E-state index contributed by atoms with van der Waals surface area (Å²) in [5.41, 5.74) is 2.68. The molecule has 0 aliphatic heterocycles. The first kappa shape index (κ1) is 24.3. The maximum absolute atomic E-state index is 12.4. The fourth-order valence-electron chi connectivity index (χ4n) is 3.18. The lowest BCUT2D eigenvalue weighted by atomic mass is 10.0. The van der Waals surface area contributed by atoms with Crippen LogP contribution in [0.25, 0.3) is 11.1 Å². The summed E-state index contributed by atoms with van der Waals surface area (Å²) in [6, 6.07) is 21.5. The van der Waals surface area contributed by atoms with Crippen LogP contribution in [0.2, 0.25) is 0 Å². The Morgan fingerprint density at radius 2 is 1.39 bits per heavy atom. The Kier molecular flexibility index (Phi) is 9.33. The topological polar surface area (TPSA) is 63.6 Å². The van der Waals surface area contributed by atoms with E-state index in [1.807, 2.05) is 23.9 Å². The van der Waals surface area contributed by atoms with E-state index in [1.54, 1.807) is 12.1 Å². The van der Waals surface area contributed by atoms with Crippen molar-refractivity contribution >= 4 is 23.7 Å². The Bertz CT molecular complexity index is 1070. The predicted molar refractivity (Wildman–Crippen MR) is 134 cm³/mol. The Morgan fingerprint density at radius 3 is 2.00 bits per heavy atom. The van der Waals surface area contributed by atoms with E-state index in [9.17, 15) is 9.59 Å². The molecule has 0 heterocycles. The third-order valence-corrected chi connectivity index (χ3v) is 6.11. The van der Waals surface area contributed by atoms with Gasteiger partial charge in [-0.15, -0.1) is 11.8 Å². The molecule has 5 heteroatoms. The number of carboxylic acid groups (broad SMARTS) is 1. The molecular weight excluding hydrogens is 432 g/mol. The minimum absolute atomic E-state index is 0.141. The molecule has 3 aromatic carbocycles. The molecule has 0 aliphatic rings. The number of carbonyl (C=O) groups is 2. The third-order valence-electron chi connectivity index (χ3n) is 5.06. The van der Waals surface area contributed by atoms with Crippen LogP contribution in [0.1, 0.15) is 53.3 Å². The van der Waals surface area contributed by atoms with Gasteiger partial charge in [-0.05, 0) is 72.5 Å². The highest BCUT2D eigenvalue weighted by atomic mass is 32.2. The quantitative estimate of drug-likeness (QED) is 0.105. The first-order valence-electron chi connectivity index (χ1n) is 11.1. The highest BCUT2D eigenvalue weighted by Gasteiger charge is 2.10. The maximum atomic E-state index is 12.4. The highest BCUT2D eigenvalue weighted by Crippen LogP contribution is 2.25. The van der Waals surface area contributed by atoms with Gasteiger partial charge in [-0.3, -0.25) is 0 Å². The van der Waals surface area contributed by atoms with Gasteiger partial charge in [0.2, 0.25) is 0 Å². The van der Waals surface area contributed by atoms with Crippen LogP contribution in [0.5, 0.6) is 5.75 Å². The lowest BCUT2D eigenvalue weighted by Crippen LogP contribution is -2.08. The molecule has 4 nitrogen and oxygen atoms in total. The fraction of sp³-hybridized carbons (Fsp3) is 0.214. The largest absolute Gasteiger partial charge is 0.478 e. The number of allylic oxidation sites excluding steroid dienone is 2. The van der Waals surface area contributed by atoms with E-state index in [4.69, 9.17) is 9.84 Å². The zero-order valence-corrected chi connectivity index (χ0v) is 19.5. The number of aromatic carboxylic acids is 1. The first-order valence-corrected chi connectivity index (χ1v) is 12.1. The van der Waals surface area contributed by atoms with Crippen LogP contribution >= 0.6 is 11.8 Å². The molecule has 0 aliphatic carbocycles. The van der Waals surface area contributed by atoms with Gasteiger partial charge in [0, 0.05) is 10.6 Å². The second-order valence-electron chi connectivity index (χ2n) is 7.57. The SMILES string of the molecule is CCCC/C=C/CCSc1ccc(-c2ccc(C(=O)Oc3ccc(C(=O)O)cc3)cc2)cc1. The van der Waals surface area contributed by atoms with Gasteiger partial charge in [0.1, 0.15) is 5.75 Å². The summed E-state index contributed by atoms with van der Waals surface area (Å²) in [5, 5.41) is 8.94. The molecule has 1 N–H and O–H groups in total. The highest BCUT2D eigenvalue weighted by molar-refractivity contribution is 7.99. The van der Waals surface area contributed by atoms with E-state index in [0.717, 1.165) is 23.3 Å². The number of unbranched alkanes of at least 4 members (excludes halogenated alkanes) is 2. The lowest BCUT2D eigenvalue weighted by Gasteiger charge is -2.07. The number of benzene rings is 3. The van der Waals surface area contributed by atoms with Crippen molar-refractivity contribution in [3.63, 3.8) is 0 Å². The summed E-state index contributed by atoms with van der Waals surface area (Å²) in [7, 11) is 0. The normalized spacial score (nSPS) is 10.9. The van der Waals surface area contributed by atoms with Crippen LogP contribution in [-0.2, 0) is 0 Å². The van der Waals surface area contributed by atoms with E-state index in [0.29, 0.717) is 11.3 Å². The van der Waals surface area contributed by atoms with Crippen molar-refractivity contribution in [3.8, 4) is 16.9 Å². The van der Waals surface area contributed by atoms with Crippen LogP contribution < -0.4 is 4.74 Å². The number of ether oxygens (including phenoxy) is 1. The van der Waals surface area contributed by atoms with Crippen molar-refractivity contribution in [1.82, 2.24) is 0 Å². The standard InChI is InChI=1S/C28H28O4S/c1-2-3-4-5-6-7-20-33-26-18-14-22(15-19-26)21-8-10-24(11-9-21)28(31)32-25-16-12-23(13-17-25)27(29)30/h5-6,8-19H,2-4,7,20H2,1H3,(H,29,30)/b6-5+. The molecule has 0 saturated carbocycles. The molecule has 0 fully saturated rings. The number of rotatable bonds is 11. The molecule has 0 radical (unpaired) electrons. The second kappa shape index (κ2) is 12.7. The Labute approximate surface area is 199 Å². The molecule has 0 spiro atoms. The number of thioether (sulfide) groups is 1. The van der Waals surface area contributed by atoms with Gasteiger partial charge in [-0.25, -0.2) is 9.59 Å². The summed E-state index contributed by atoms with van der Waals surface area (Å²) in [4.78, 5) is 24.5. The summed E-state index contributed by atoms with van der Waals surface area (Å²) in [5.74, 6) is -0.138. The zero-order valence-electron chi connectivity index (χ0n) is 18.7. The molecule has 3 aromatic rings. The number of carbonyl (C=O) groups excluding carboxylic acids is 1. The van der Waals surface area contributed by atoms with Crippen LogP contribution in [-0.4, -0.2) is 22.8 Å². The van der Waals surface area contributed by atoms with Crippen molar-refractivity contribution in [2.24, 2.45) is 0 Å².